The molecule has 1 saturated heterocycles. The van der Waals surface area contributed by atoms with E-state index >= 15 is 0 Å². The summed E-state index contributed by atoms with van der Waals surface area (Å²) in [6.07, 6.45) is 5.51. The number of amides is 1. The van der Waals surface area contributed by atoms with Gasteiger partial charge in [0.15, 0.2) is 0 Å². The van der Waals surface area contributed by atoms with Gasteiger partial charge in [0.1, 0.15) is 11.6 Å². The lowest BCUT2D eigenvalue weighted by molar-refractivity contribution is -0.117. The average Bonchev–Trinajstić information content (AvgIpc) is 3.41. The summed E-state index contributed by atoms with van der Waals surface area (Å²) in [5.41, 5.74) is 2.77. The summed E-state index contributed by atoms with van der Waals surface area (Å²) < 4.78 is 7.58. The zero-order valence-electron chi connectivity index (χ0n) is 16.8. The summed E-state index contributed by atoms with van der Waals surface area (Å²) in [7, 11) is 0. The first-order valence-corrected chi connectivity index (χ1v) is 10.8. The SMILES string of the molecule is N#C/C(=C\c1cn(Cc2ccc(Cl)cc2Cl)c2ccccc12)C(=O)NC[C@H]1CCCO1. The molecule has 1 aliphatic heterocycles. The number of halogens is 2. The highest BCUT2D eigenvalue weighted by Crippen LogP contribution is 2.27. The van der Waals surface area contributed by atoms with Gasteiger partial charge in [-0.2, -0.15) is 5.26 Å². The summed E-state index contributed by atoms with van der Waals surface area (Å²) >= 11 is 12.4. The number of nitriles is 1. The molecule has 4 rings (SSSR count). The zero-order chi connectivity index (χ0) is 21.8. The molecule has 0 aliphatic carbocycles. The van der Waals surface area contributed by atoms with Crippen LogP contribution in [0.5, 0.6) is 0 Å². The highest BCUT2D eigenvalue weighted by Gasteiger charge is 2.18. The normalized spacial score (nSPS) is 16.4. The van der Waals surface area contributed by atoms with E-state index in [1.807, 2.05) is 48.7 Å². The van der Waals surface area contributed by atoms with Crippen LogP contribution in [0.25, 0.3) is 17.0 Å². The van der Waals surface area contributed by atoms with E-state index in [1.165, 1.54) is 0 Å². The maximum atomic E-state index is 12.6. The fraction of sp³-hybridized carbons (Fsp3) is 0.250. The van der Waals surface area contributed by atoms with Crippen molar-refractivity contribution in [3.8, 4) is 6.07 Å². The van der Waals surface area contributed by atoms with Crippen LogP contribution in [0.1, 0.15) is 24.0 Å². The summed E-state index contributed by atoms with van der Waals surface area (Å²) in [5.74, 6) is -0.393. The van der Waals surface area contributed by atoms with Gasteiger partial charge in [-0.25, -0.2) is 0 Å². The molecule has 1 amide bonds. The van der Waals surface area contributed by atoms with E-state index in [-0.39, 0.29) is 11.7 Å². The molecule has 1 atom stereocenters. The topological polar surface area (TPSA) is 67.0 Å². The van der Waals surface area contributed by atoms with E-state index in [2.05, 4.69) is 9.88 Å². The fourth-order valence-corrected chi connectivity index (χ4v) is 4.23. The minimum absolute atomic E-state index is 0.0231. The van der Waals surface area contributed by atoms with Crippen LogP contribution in [-0.2, 0) is 16.1 Å². The molecule has 1 aliphatic rings. The molecule has 3 aromatic rings. The Morgan fingerprint density at radius 2 is 2.13 bits per heavy atom. The number of carbonyl (C=O) groups is 1. The van der Waals surface area contributed by atoms with Crippen molar-refractivity contribution in [3.05, 3.63) is 75.4 Å². The van der Waals surface area contributed by atoms with E-state index in [9.17, 15) is 10.1 Å². The quantitative estimate of drug-likeness (QED) is 0.411. The molecule has 0 bridgehead atoms. The van der Waals surface area contributed by atoms with E-state index in [0.717, 1.165) is 41.5 Å². The van der Waals surface area contributed by atoms with Crippen LogP contribution in [0, 0.1) is 11.3 Å². The number of nitrogens with one attached hydrogen (secondary N) is 1. The zero-order valence-corrected chi connectivity index (χ0v) is 18.3. The number of para-hydroxylation sites is 1. The molecular weight excluding hydrogens is 433 g/mol. The predicted octanol–water partition coefficient (Wildman–Crippen LogP) is 5.20. The Morgan fingerprint density at radius 3 is 2.87 bits per heavy atom. The van der Waals surface area contributed by atoms with E-state index < -0.39 is 5.91 Å². The van der Waals surface area contributed by atoms with Crippen molar-refractivity contribution >= 4 is 46.1 Å². The maximum Gasteiger partial charge on any atom is 0.262 e. The highest BCUT2D eigenvalue weighted by molar-refractivity contribution is 6.35. The monoisotopic (exact) mass is 453 g/mol. The number of rotatable bonds is 6. The number of benzene rings is 2. The Morgan fingerprint density at radius 1 is 1.29 bits per heavy atom. The number of hydrogen-bond donors (Lipinski definition) is 1. The van der Waals surface area contributed by atoms with Gasteiger partial charge in [-0.05, 0) is 42.7 Å². The van der Waals surface area contributed by atoms with Crippen LogP contribution in [0.15, 0.2) is 54.2 Å². The summed E-state index contributed by atoms with van der Waals surface area (Å²) in [4.78, 5) is 12.6. The molecule has 1 aromatic heterocycles. The molecule has 1 N–H and O–H groups in total. The van der Waals surface area contributed by atoms with Crippen LogP contribution >= 0.6 is 23.2 Å². The molecule has 0 radical (unpaired) electrons. The molecule has 0 saturated carbocycles. The van der Waals surface area contributed by atoms with Crippen molar-refractivity contribution in [1.29, 1.82) is 5.26 Å². The van der Waals surface area contributed by atoms with E-state index in [1.54, 1.807) is 12.1 Å². The standard InChI is InChI=1S/C24H21Cl2N3O2/c25-19-8-7-16(22(26)11-19)14-29-15-18(21-5-1-2-6-23(21)29)10-17(12-27)24(30)28-13-20-4-3-9-31-20/h1-2,5-8,10-11,15,20H,3-4,9,13-14H2,(H,28,30)/b17-10+/t20-/m1/s1. The van der Waals surface area contributed by atoms with Gasteiger partial charge in [0.2, 0.25) is 0 Å². The minimum Gasteiger partial charge on any atom is -0.376 e. The first kappa shape index (κ1) is 21.5. The lowest BCUT2D eigenvalue weighted by Crippen LogP contribution is -2.32. The first-order valence-electron chi connectivity index (χ1n) is 10.1. The third kappa shape index (κ3) is 4.94. The molecule has 5 nitrogen and oxygen atoms in total. The Bertz CT molecular complexity index is 1190. The average molecular weight is 454 g/mol. The first-order chi connectivity index (χ1) is 15.0. The van der Waals surface area contributed by atoms with Crippen molar-refractivity contribution in [1.82, 2.24) is 9.88 Å². The Kier molecular flexibility index (Phi) is 6.62. The van der Waals surface area contributed by atoms with Crippen LogP contribution in [0.2, 0.25) is 10.0 Å². The predicted molar refractivity (Wildman–Crippen MR) is 123 cm³/mol. The van der Waals surface area contributed by atoms with Gasteiger partial charge in [-0.3, -0.25) is 4.79 Å². The van der Waals surface area contributed by atoms with Crippen molar-refractivity contribution < 1.29 is 9.53 Å². The third-order valence-corrected chi connectivity index (χ3v) is 5.94. The molecule has 2 heterocycles. The van der Waals surface area contributed by atoms with Crippen LogP contribution in [0.4, 0.5) is 0 Å². The number of aromatic nitrogens is 1. The lowest BCUT2D eigenvalue weighted by atomic mass is 10.1. The molecular formula is C24H21Cl2N3O2. The lowest BCUT2D eigenvalue weighted by Gasteiger charge is -2.10. The van der Waals surface area contributed by atoms with Crippen molar-refractivity contribution in [2.24, 2.45) is 0 Å². The smallest absolute Gasteiger partial charge is 0.262 e. The molecule has 1 fully saturated rings. The number of hydrogen-bond acceptors (Lipinski definition) is 3. The summed E-state index contributed by atoms with van der Waals surface area (Å²) in [6, 6.07) is 15.3. The van der Waals surface area contributed by atoms with Gasteiger partial charge in [0, 0.05) is 52.4 Å². The van der Waals surface area contributed by atoms with Crippen LogP contribution < -0.4 is 5.32 Å². The molecule has 7 heteroatoms. The van der Waals surface area contributed by atoms with Gasteiger partial charge in [-0.1, -0.05) is 47.5 Å². The highest BCUT2D eigenvalue weighted by atomic mass is 35.5. The molecule has 0 spiro atoms. The van der Waals surface area contributed by atoms with Gasteiger partial charge in [0.05, 0.1) is 6.10 Å². The maximum absolute atomic E-state index is 12.6. The number of ether oxygens (including phenoxy) is 1. The van der Waals surface area contributed by atoms with Gasteiger partial charge in [0.25, 0.3) is 5.91 Å². The van der Waals surface area contributed by atoms with Crippen molar-refractivity contribution in [2.75, 3.05) is 13.2 Å². The van der Waals surface area contributed by atoms with Crippen molar-refractivity contribution in [2.45, 2.75) is 25.5 Å². The van der Waals surface area contributed by atoms with Gasteiger partial charge < -0.3 is 14.6 Å². The summed E-state index contributed by atoms with van der Waals surface area (Å²) in [5, 5.41) is 14.5. The van der Waals surface area contributed by atoms with Gasteiger partial charge >= 0.3 is 0 Å². The number of fused-ring (bicyclic) bond motifs is 1. The largest absolute Gasteiger partial charge is 0.376 e. The molecule has 31 heavy (non-hydrogen) atoms. The Labute approximate surface area is 190 Å². The minimum atomic E-state index is -0.393. The molecule has 0 unspecified atom stereocenters. The van der Waals surface area contributed by atoms with Crippen molar-refractivity contribution in [3.63, 3.8) is 0 Å². The fourth-order valence-electron chi connectivity index (χ4n) is 3.77. The Hall–Kier alpha value is -2.78. The molecule has 2 aromatic carbocycles. The van der Waals surface area contributed by atoms with Crippen LogP contribution in [0.3, 0.4) is 0 Å². The summed E-state index contributed by atoms with van der Waals surface area (Å²) in [6.45, 7) is 1.67. The Balaban J connectivity index is 1.62. The number of nitrogens with zero attached hydrogens (tertiary/aromatic N) is 2. The third-order valence-electron chi connectivity index (χ3n) is 5.35. The molecule has 158 valence electrons. The van der Waals surface area contributed by atoms with E-state index in [4.69, 9.17) is 27.9 Å². The van der Waals surface area contributed by atoms with Gasteiger partial charge in [-0.15, -0.1) is 0 Å². The second kappa shape index (κ2) is 9.57. The van der Waals surface area contributed by atoms with E-state index in [0.29, 0.717) is 23.1 Å². The number of carbonyl (C=O) groups excluding carboxylic acids is 1. The second-order valence-corrected chi connectivity index (χ2v) is 8.32. The van der Waals surface area contributed by atoms with Crippen LogP contribution in [-0.4, -0.2) is 29.7 Å². The second-order valence-electron chi connectivity index (χ2n) is 7.48.